The fourth-order valence-electron chi connectivity index (χ4n) is 1.45. The molecule has 0 saturated carbocycles. The summed E-state index contributed by atoms with van der Waals surface area (Å²) in [6.45, 7) is 0. The zero-order valence-electron chi connectivity index (χ0n) is 13.3. The van der Waals surface area contributed by atoms with Crippen LogP contribution >= 0.6 is 0 Å². The average Bonchev–Trinajstić information content (AvgIpc) is 2.37. The largest absolute Gasteiger partial charge is 0.551 e. The molecule has 0 fully saturated rings. The smallest absolute Gasteiger partial charge is 0.419 e. The standard InChI is InChI=1S/C9H3BF18O3/c11-4(12,13)1(5(14,15)16)29-10(30-2(6(17,18)19)7(20,21)22)31-3(8(23,24)25)9(26,27)28/h1-3H/q-1. The molecule has 0 heterocycles. The van der Waals surface area contributed by atoms with Crippen LogP contribution in [0.25, 0.3) is 0 Å². The highest BCUT2D eigenvalue weighted by Gasteiger charge is 2.61. The molecule has 0 spiro atoms. The highest BCUT2D eigenvalue weighted by atomic mass is 19.4. The van der Waals surface area contributed by atoms with Gasteiger partial charge in [0.1, 0.15) is 0 Å². The van der Waals surface area contributed by atoms with Gasteiger partial charge in [0.25, 0.3) is 0 Å². The minimum Gasteiger partial charge on any atom is -0.551 e. The van der Waals surface area contributed by atoms with Crippen LogP contribution in [0, 0.1) is 0 Å². The molecule has 0 rings (SSSR count). The molecule has 3 nitrogen and oxygen atoms in total. The molecule has 0 aliphatic rings. The summed E-state index contributed by atoms with van der Waals surface area (Å²) in [7, 11) is -5.06. The van der Waals surface area contributed by atoms with Crippen LogP contribution in [0.5, 0.6) is 0 Å². The summed E-state index contributed by atoms with van der Waals surface area (Å²) in [5, 5.41) is 0. The van der Waals surface area contributed by atoms with Crippen molar-refractivity contribution in [2.75, 3.05) is 0 Å². The van der Waals surface area contributed by atoms with E-state index in [4.69, 9.17) is 0 Å². The highest BCUT2D eigenvalue weighted by Crippen LogP contribution is 2.41. The van der Waals surface area contributed by atoms with E-state index in [0.717, 1.165) is 0 Å². The second-order valence-corrected chi connectivity index (χ2v) is 5.09. The Labute approximate surface area is 157 Å². The summed E-state index contributed by atoms with van der Waals surface area (Å²) in [5.41, 5.74) is 0. The lowest BCUT2D eigenvalue weighted by atomic mass is 10.1. The van der Waals surface area contributed by atoms with Crippen LogP contribution in [-0.4, -0.2) is 62.7 Å². The van der Waals surface area contributed by atoms with Gasteiger partial charge in [0, 0.05) is 0 Å². The first-order valence-corrected chi connectivity index (χ1v) is 6.55. The third-order valence-electron chi connectivity index (χ3n) is 2.53. The first-order chi connectivity index (χ1) is 13.2. The molecular weight excluding hydrogens is 509 g/mol. The Balaban J connectivity index is 6.36. The lowest BCUT2D eigenvalue weighted by Crippen LogP contribution is -2.57. The van der Waals surface area contributed by atoms with Crippen molar-refractivity contribution < 1.29 is 93.0 Å². The van der Waals surface area contributed by atoms with Crippen molar-refractivity contribution in [1.82, 2.24) is 0 Å². The van der Waals surface area contributed by atoms with Crippen molar-refractivity contribution in [3.8, 4) is 0 Å². The normalized spacial score (nSPS) is 15.7. The molecule has 0 aliphatic carbocycles. The lowest BCUT2D eigenvalue weighted by Gasteiger charge is -2.42. The molecule has 31 heavy (non-hydrogen) atoms. The zero-order chi connectivity index (χ0) is 25.4. The molecule has 0 aromatic heterocycles. The van der Waals surface area contributed by atoms with Crippen molar-refractivity contribution >= 4 is 7.32 Å². The molecule has 0 aromatic carbocycles. The topological polar surface area (TPSA) is 27.7 Å². The third kappa shape index (κ3) is 9.37. The number of halogens is 18. The van der Waals surface area contributed by atoms with Crippen LogP contribution in [0.2, 0.25) is 0 Å². The predicted octanol–water partition coefficient (Wildman–Crippen LogP) is 5.50. The first kappa shape index (κ1) is 29.7. The minimum atomic E-state index is -6.80. The minimum absolute atomic E-state index is 2.53. The molecule has 0 N–H and O–H groups in total. The Kier molecular flexibility index (Phi) is 8.53. The van der Waals surface area contributed by atoms with Gasteiger partial charge in [0.2, 0.25) is 18.3 Å². The summed E-state index contributed by atoms with van der Waals surface area (Å²) in [6, 6.07) is 0. The van der Waals surface area contributed by atoms with E-state index in [2.05, 4.69) is 14.0 Å². The molecule has 187 valence electrons. The Bertz CT molecular complexity index is 444. The van der Waals surface area contributed by atoms with Crippen LogP contribution in [-0.2, 0) is 14.0 Å². The van der Waals surface area contributed by atoms with Gasteiger partial charge in [-0.1, -0.05) is 0 Å². The van der Waals surface area contributed by atoms with Gasteiger partial charge >= 0.3 is 44.4 Å². The summed E-state index contributed by atoms with van der Waals surface area (Å²) < 4.78 is 230. The van der Waals surface area contributed by atoms with E-state index in [1.807, 2.05) is 0 Å². The van der Waals surface area contributed by atoms with Crippen molar-refractivity contribution in [2.45, 2.75) is 55.4 Å². The van der Waals surface area contributed by atoms with Crippen molar-refractivity contribution in [2.24, 2.45) is 0 Å². The Morgan fingerprint density at radius 1 is 0.323 bits per heavy atom. The zero-order valence-corrected chi connectivity index (χ0v) is 13.3. The maximum atomic E-state index is 12.3. The van der Waals surface area contributed by atoms with Crippen molar-refractivity contribution in [3.63, 3.8) is 0 Å². The number of hydrogen-bond donors (Lipinski definition) is 0. The van der Waals surface area contributed by atoms with E-state index in [9.17, 15) is 79.0 Å². The predicted molar refractivity (Wildman–Crippen MR) is 56.7 cm³/mol. The van der Waals surface area contributed by atoms with E-state index < -0.39 is 62.7 Å². The van der Waals surface area contributed by atoms with Crippen LogP contribution in [0.3, 0.4) is 0 Å². The monoisotopic (exact) mass is 512 g/mol. The molecule has 0 atom stereocenters. The van der Waals surface area contributed by atoms with Crippen LogP contribution in [0.4, 0.5) is 79.0 Å². The van der Waals surface area contributed by atoms with Gasteiger partial charge in [0.15, 0.2) is 0 Å². The fraction of sp³-hybridized carbons (Fsp3) is 1.00. The van der Waals surface area contributed by atoms with E-state index in [-0.39, 0.29) is 0 Å². The van der Waals surface area contributed by atoms with Gasteiger partial charge < -0.3 is 14.0 Å². The van der Waals surface area contributed by atoms with Crippen molar-refractivity contribution in [1.29, 1.82) is 0 Å². The molecule has 0 aliphatic heterocycles. The molecule has 0 amide bonds. The maximum Gasteiger partial charge on any atom is 0.419 e. The van der Waals surface area contributed by atoms with Gasteiger partial charge in [-0.3, -0.25) is 0 Å². The quantitative estimate of drug-likeness (QED) is 0.348. The summed E-state index contributed by atoms with van der Waals surface area (Å²) >= 11 is 0. The molecular formula is C9H3BF18O3-. The number of rotatable bonds is 6. The van der Waals surface area contributed by atoms with E-state index in [0.29, 0.717) is 0 Å². The first-order valence-electron chi connectivity index (χ1n) is 6.55. The van der Waals surface area contributed by atoms with Crippen LogP contribution < -0.4 is 0 Å². The Hall–Kier alpha value is -1.32. The van der Waals surface area contributed by atoms with E-state index in [1.165, 1.54) is 0 Å². The van der Waals surface area contributed by atoms with Crippen LogP contribution in [0.1, 0.15) is 0 Å². The Morgan fingerprint density at radius 3 is 0.548 bits per heavy atom. The molecule has 0 saturated heterocycles. The highest BCUT2D eigenvalue weighted by molar-refractivity contribution is 6.36. The molecule has 0 unspecified atom stereocenters. The lowest BCUT2D eigenvalue weighted by molar-refractivity contribution is -0.337. The third-order valence-corrected chi connectivity index (χ3v) is 2.53. The van der Waals surface area contributed by atoms with Gasteiger partial charge in [-0.25, -0.2) is 0 Å². The molecule has 1 radical (unpaired) electrons. The molecule has 0 bridgehead atoms. The van der Waals surface area contributed by atoms with Gasteiger partial charge in [-0.05, 0) is 0 Å². The van der Waals surface area contributed by atoms with Gasteiger partial charge in [0.05, 0.1) is 0 Å². The number of alkyl halides is 18. The SMILES string of the molecule is FC(F)(F)C(O[B-](OC(C(F)(F)F)C(F)(F)F)OC(C(F)(F)F)C(F)(F)F)C(F)(F)F. The maximum absolute atomic E-state index is 12.3. The Morgan fingerprint density at radius 2 is 0.452 bits per heavy atom. The van der Waals surface area contributed by atoms with Crippen molar-refractivity contribution in [3.05, 3.63) is 0 Å². The summed E-state index contributed by atoms with van der Waals surface area (Å²) in [5.74, 6) is 0. The summed E-state index contributed by atoms with van der Waals surface area (Å²) in [6.07, 6.45) is -57.3. The van der Waals surface area contributed by atoms with Gasteiger partial charge in [-0.15, -0.1) is 0 Å². The number of hydrogen-bond acceptors (Lipinski definition) is 3. The van der Waals surface area contributed by atoms with Crippen LogP contribution in [0.15, 0.2) is 0 Å². The molecule has 22 heteroatoms. The fourth-order valence-corrected chi connectivity index (χ4v) is 1.45. The second-order valence-electron chi connectivity index (χ2n) is 5.09. The summed E-state index contributed by atoms with van der Waals surface area (Å²) in [4.78, 5) is 0. The van der Waals surface area contributed by atoms with Gasteiger partial charge in [-0.2, -0.15) is 79.0 Å². The van der Waals surface area contributed by atoms with E-state index >= 15 is 0 Å². The van der Waals surface area contributed by atoms with E-state index in [1.54, 1.807) is 0 Å². The molecule has 0 aromatic rings. The average molecular weight is 512 g/mol. The second kappa shape index (κ2) is 8.91.